The molecule has 0 aliphatic carbocycles. The lowest BCUT2D eigenvalue weighted by molar-refractivity contribution is -0.147. The fourth-order valence-corrected chi connectivity index (χ4v) is 6.57. The minimum atomic E-state index is -1.39. The number of rotatable bonds is 40. The number of hydrogen-bond donors (Lipinski definition) is 4. The van der Waals surface area contributed by atoms with Crippen LogP contribution in [0.1, 0.15) is 219 Å². The van der Waals surface area contributed by atoms with E-state index < -0.39 is 24.5 Å². The number of ether oxygens (including phenoxy) is 1. The zero-order valence-corrected chi connectivity index (χ0v) is 34.3. The molecule has 310 valence electrons. The number of carboxylic acids is 1. The number of unbranched alkanes of at least 4 members (excludes halogenated alkanes) is 26. The Morgan fingerprint density at radius 2 is 1.00 bits per heavy atom. The van der Waals surface area contributed by atoms with Gasteiger partial charge in [0, 0.05) is 12.8 Å². The van der Waals surface area contributed by atoms with E-state index >= 15 is 0 Å². The smallest absolute Gasteiger partial charge is 0.328 e. The van der Waals surface area contributed by atoms with Crippen LogP contribution in [0.2, 0.25) is 0 Å². The summed E-state index contributed by atoms with van der Waals surface area (Å²) in [7, 11) is 0. The van der Waals surface area contributed by atoms with E-state index in [1.54, 1.807) is 0 Å². The van der Waals surface area contributed by atoms with Crippen LogP contribution in [0.3, 0.4) is 0 Å². The van der Waals surface area contributed by atoms with E-state index in [-0.39, 0.29) is 30.9 Å². The molecule has 0 aromatic carbocycles. The van der Waals surface area contributed by atoms with Crippen LogP contribution in [-0.2, 0) is 23.9 Å². The number of amides is 2. The van der Waals surface area contributed by atoms with Gasteiger partial charge < -0.3 is 25.6 Å². The number of aliphatic hydroxyl groups is 1. The predicted octanol–water partition coefficient (Wildman–Crippen LogP) is 10.7. The Kier molecular flexibility index (Phi) is 37.5. The average molecular weight is 751 g/mol. The second-order valence-corrected chi connectivity index (χ2v) is 15.1. The quantitative estimate of drug-likeness (QED) is 0.0277. The van der Waals surface area contributed by atoms with Crippen LogP contribution < -0.4 is 10.6 Å². The van der Waals surface area contributed by atoms with E-state index in [0.29, 0.717) is 12.8 Å². The molecule has 0 aliphatic heterocycles. The van der Waals surface area contributed by atoms with Gasteiger partial charge in [-0.05, 0) is 44.6 Å². The Hall–Kier alpha value is -2.42. The maximum Gasteiger partial charge on any atom is 0.328 e. The highest BCUT2D eigenvalue weighted by Gasteiger charge is 2.18. The molecule has 2 atom stereocenters. The van der Waals surface area contributed by atoms with E-state index in [9.17, 15) is 19.2 Å². The lowest BCUT2D eigenvalue weighted by Crippen LogP contribution is -2.47. The average Bonchev–Trinajstić information content (AvgIpc) is 3.14. The molecule has 4 N–H and O–H groups in total. The van der Waals surface area contributed by atoms with E-state index in [4.69, 9.17) is 14.9 Å². The van der Waals surface area contributed by atoms with Gasteiger partial charge in [0.1, 0.15) is 12.1 Å². The third-order valence-corrected chi connectivity index (χ3v) is 10.00. The highest BCUT2D eigenvalue weighted by molar-refractivity contribution is 5.87. The second-order valence-electron chi connectivity index (χ2n) is 15.1. The maximum absolute atomic E-state index is 12.7. The van der Waals surface area contributed by atoms with Crippen molar-refractivity contribution in [3.8, 4) is 0 Å². The number of allylic oxidation sites excluding steroid dienone is 1. The highest BCUT2D eigenvalue weighted by atomic mass is 16.5. The van der Waals surface area contributed by atoms with Crippen molar-refractivity contribution in [2.45, 2.75) is 231 Å². The summed E-state index contributed by atoms with van der Waals surface area (Å²) in [4.78, 5) is 47.5. The van der Waals surface area contributed by atoms with Gasteiger partial charge in [0.05, 0.1) is 13.2 Å². The molecule has 0 radical (unpaired) electrons. The number of hydrogen-bond acceptors (Lipinski definition) is 6. The molecule has 0 saturated carbocycles. The van der Waals surface area contributed by atoms with Gasteiger partial charge in [-0.15, -0.1) is 0 Å². The maximum atomic E-state index is 12.7. The van der Waals surface area contributed by atoms with Crippen molar-refractivity contribution < 1.29 is 34.1 Å². The normalized spacial score (nSPS) is 12.5. The molecule has 0 aromatic rings. The van der Waals surface area contributed by atoms with Crippen LogP contribution in [-0.4, -0.2) is 59.3 Å². The molecule has 0 aliphatic rings. The van der Waals surface area contributed by atoms with Gasteiger partial charge in [0.2, 0.25) is 11.8 Å². The zero-order chi connectivity index (χ0) is 39.0. The van der Waals surface area contributed by atoms with Gasteiger partial charge in [-0.1, -0.05) is 174 Å². The van der Waals surface area contributed by atoms with E-state index in [0.717, 1.165) is 51.4 Å². The Balaban J connectivity index is 4.17. The second kappa shape index (κ2) is 39.3. The summed E-state index contributed by atoms with van der Waals surface area (Å²) in [6.07, 6.45) is 41.2. The summed E-state index contributed by atoms with van der Waals surface area (Å²) >= 11 is 0. The van der Waals surface area contributed by atoms with Crippen molar-refractivity contribution in [3.63, 3.8) is 0 Å². The first-order chi connectivity index (χ1) is 25.8. The van der Waals surface area contributed by atoms with Crippen LogP contribution in [0.25, 0.3) is 0 Å². The number of esters is 1. The molecule has 0 aromatic heterocycles. The summed E-state index contributed by atoms with van der Waals surface area (Å²) in [6.45, 7) is 3.46. The first kappa shape index (κ1) is 50.6. The van der Waals surface area contributed by atoms with E-state index in [1.807, 2.05) is 0 Å². The van der Waals surface area contributed by atoms with Crippen LogP contribution in [0.4, 0.5) is 0 Å². The minimum absolute atomic E-state index is 0.106. The van der Waals surface area contributed by atoms with Crippen molar-refractivity contribution in [3.05, 3.63) is 12.2 Å². The molecule has 9 nitrogen and oxygen atoms in total. The zero-order valence-electron chi connectivity index (χ0n) is 34.3. The molecule has 0 saturated heterocycles. The Bertz CT molecular complexity index is 910. The molecule has 2 unspecified atom stereocenters. The SMILES string of the molecule is CCCCCCCC/C=C\C(CCCCCCC(=O)NCC(=O)NC(CO)C(=O)O)OC(=O)CCCCCCCCCCCCCCCCCCCC. The number of carbonyl (C=O) groups is 4. The van der Waals surface area contributed by atoms with Gasteiger partial charge in [-0.2, -0.15) is 0 Å². The molecule has 0 heterocycles. The molecule has 0 bridgehead atoms. The molecule has 53 heavy (non-hydrogen) atoms. The van der Waals surface area contributed by atoms with Gasteiger partial charge in [0.15, 0.2) is 0 Å². The van der Waals surface area contributed by atoms with Gasteiger partial charge in [-0.25, -0.2) is 4.79 Å². The number of aliphatic hydroxyl groups excluding tert-OH is 1. The third-order valence-electron chi connectivity index (χ3n) is 10.00. The monoisotopic (exact) mass is 751 g/mol. The summed E-state index contributed by atoms with van der Waals surface area (Å²) in [6, 6.07) is -1.39. The molecular weight excluding hydrogens is 668 g/mol. The lowest BCUT2D eigenvalue weighted by Gasteiger charge is -2.15. The van der Waals surface area contributed by atoms with Crippen LogP contribution in [0, 0.1) is 0 Å². The molecule has 2 amide bonds. The van der Waals surface area contributed by atoms with Crippen molar-refractivity contribution in [2.24, 2.45) is 0 Å². The fourth-order valence-electron chi connectivity index (χ4n) is 6.57. The molecule has 0 rings (SSSR count). The Morgan fingerprint density at radius 1 is 0.566 bits per heavy atom. The topological polar surface area (TPSA) is 142 Å². The summed E-state index contributed by atoms with van der Waals surface area (Å²) in [5.41, 5.74) is 0. The molecular formula is C44H82N2O7. The molecule has 0 fully saturated rings. The van der Waals surface area contributed by atoms with Gasteiger partial charge >= 0.3 is 11.9 Å². The van der Waals surface area contributed by atoms with Crippen LogP contribution >= 0.6 is 0 Å². The molecule has 9 heteroatoms. The summed E-state index contributed by atoms with van der Waals surface area (Å²) < 4.78 is 5.91. The van der Waals surface area contributed by atoms with E-state index in [1.165, 1.54) is 135 Å². The Morgan fingerprint density at radius 3 is 1.47 bits per heavy atom. The minimum Gasteiger partial charge on any atom is -0.480 e. The summed E-state index contributed by atoms with van der Waals surface area (Å²) in [5, 5.41) is 22.5. The summed E-state index contributed by atoms with van der Waals surface area (Å²) in [5.74, 6) is -2.38. The van der Waals surface area contributed by atoms with Crippen LogP contribution in [0.5, 0.6) is 0 Å². The molecule has 0 spiro atoms. The van der Waals surface area contributed by atoms with Gasteiger partial charge in [-0.3, -0.25) is 14.4 Å². The van der Waals surface area contributed by atoms with Crippen molar-refractivity contribution >= 4 is 23.8 Å². The largest absolute Gasteiger partial charge is 0.480 e. The van der Waals surface area contributed by atoms with Gasteiger partial charge in [0.25, 0.3) is 0 Å². The number of carboxylic acid groups (broad SMARTS) is 1. The number of nitrogens with one attached hydrogen (secondary N) is 2. The lowest BCUT2D eigenvalue weighted by atomic mass is 10.0. The van der Waals surface area contributed by atoms with Crippen molar-refractivity contribution in [1.82, 2.24) is 10.6 Å². The van der Waals surface area contributed by atoms with Crippen molar-refractivity contribution in [2.75, 3.05) is 13.2 Å². The van der Waals surface area contributed by atoms with Crippen LogP contribution in [0.15, 0.2) is 12.2 Å². The fraction of sp³-hybridized carbons (Fsp3) is 0.864. The standard InChI is InChI=1S/C44H82N2O7/c1-3-5-7-9-11-13-14-15-16-17-18-19-20-21-22-24-26-32-36-43(50)53-39(33-29-25-23-12-10-8-6-4-2)34-30-27-28-31-35-41(48)45-37-42(49)46-40(38-47)44(51)52/h29,33,39-40,47H,3-28,30-32,34-38H2,1-2H3,(H,45,48)(H,46,49)(H,51,52)/b33-29-. The Labute approximate surface area is 324 Å². The first-order valence-corrected chi connectivity index (χ1v) is 22.1. The van der Waals surface area contributed by atoms with Crippen molar-refractivity contribution in [1.29, 1.82) is 0 Å². The number of aliphatic carboxylic acids is 1. The third kappa shape index (κ3) is 36.3. The predicted molar refractivity (Wildman–Crippen MR) is 218 cm³/mol. The first-order valence-electron chi connectivity index (χ1n) is 22.1. The van der Waals surface area contributed by atoms with E-state index in [2.05, 4.69) is 36.6 Å². The number of carbonyl (C=O) groups excluding carboxylic acids is 3. The highest BCUT2D eigenvalue weighted by Crippen LogP contribution is 2.17.